The number of rotatable bonds is 17. The predicted octanol–water partition coefficient (Wildman–Crippen LogP) is 10.2. The van der Waals surface area contributed by atoms with Crippen LogP contribution in [0.4, 0.5) is 22.7 Å². The molecule has 438 valence electrons. The Hall–Kier alpha value is -8.38. The van der Waals surface area contributed by atoms with Gasteiger partial charge in [-0.25, -0.2) is 26.2 Å². The van der Waals surface area contributed by atoms with E-state index in [0.717, 1.165) is 83.0 Å². The van der Waals surface area contributed by atoms with Gasteiger partial charge in [-0.3, -0.25) is 28.4 Å². The molecule has 10 rings (SSSR count). The number of methoxy groups -OCH3 is 2. The van der Waals surface area contributed by atoms with Gasteiger partial charge in [0.1, 0.15) is 11.4 Å². The van der Waals surface area contributed by atoms with Crippen LogP contribution in [-0.2, 0) is 36.4 Å². The molecule has 0 spiro atoms. The second kappa shape index (κ2) is 22.1. The summed E-state index contributed by atoms with van der Waals surface area (Å²) in [5, 5.41) is 32.3. The zero-order valence-electron chi connectivity index (χ0n) is 49.5. The van der Waals surface area contributed by atoms with Gasteiger partial charge >= 0.3 is 0 Å². The van der Waals surface area contributed by atoms with Crippen LogP contribution in [0.2, 0.25) is 0 Å². The Kier molecular flexibility index (Phi) is 15.8. The number of hydrogen-bond acceptors (Lipinski definition) is 14. The van der Waals surface area contributed by atoms with Crippen LogP contribution in [0.15, 0.2) is 85.5 Å². The lowest BCUT2D eigenvalue weighted by molar-refractivity contribution is 0.101. The molecule has 2 aliphatic carbocycles. The Bertz CT molecular complexity index is 4070. The first-order valence-electron chi connectivity index (χ1n) is 27.1. The van der Waals surface area contributed by atoms with Gasteiger partial charge in [0.05, 0.1) is 91.2 Å². The number of carbonyl (C=O) groups excluding carboxylic acids is 2. The van der Waals surface area contributed by atoms with E-state index >= 15 is 0 Å². The van der Waals surface area contributed by atoms with Gasteiger partial charge in [-0.1, -0.05) is 36.4 Å². The minimum absolute atomic E-state index is 0.0778. The van der Waals surface area contributed by atoms with Crippen molar-refractivity contribution in [3.63, 3.8) is 0 Å². The molecule has 0 saturated heterocycles. The fourth-order valence-corrected chi connectivity index (χ4v) is 11.1. The Labute approximate surface area is 484 Å². The summed E-state index contributed by atoms with van der Waals surface area (Å²) < 4.78 is 71.7. The molecule has 22 nitrogen and oxygen atoms in total. The number of hydrogen-bond donors (Lipinski definition) is 4. The quantitative estimate of drug-likeness (QED) is 0.0661. The number of aromatic nitrogens is 10. The van der Waals surface area contributed by atoms with Crippen molar-refractivity contribution >= 4 is 54.6 Å². The zero-order chi connectivity index (χ0) is 60.3. The van der Waals surface area contributed by atoms with Crippen LogP contribution in [-0.4, -0.2) is 105 Å². The number of nitrogens with zero attached hydrogens (tertiary/aromatic N) is 10. The van der Waals surface area contributed by atoms with E-state index in [2.05, 4.69) is 99.4 Å². The van der Waals surface area contributed by atoms with Crippen LogP contribution in [0, 0.1) is 27.7 Å². The zero-order valence-corrected chi connectivity index (χ0v) is 51.2. The molecule has 2 saturated carbocycles. The lowest BCUT2D eigenvalue weighted by atomic mass is 9.96. The summed E-state index contributed by atoms with van der Waals surface area (Å²) in [4.78, 5) is 27.1. The largest absolute Gasteiger partial charge is 0.492 e. The molecule has 0 atom stereocenters. The average molecular weight is 1170 g/mol. The highest BCUT2D eigenvalue weighted by Gasteiger charge is 2.41. The SMILES string of the molecule is COc1c(NC(=O)c2ccc(C)c(-n3cc(-c4cnn(C(C)(C)C)c4C)nn3)c2)cc(C2(C)CC2)cc1NS(C)(=O)=O.COc1c(NC(=O)c2ccc(C)c(-n3cc(-c4cnn(C(C)C)c4C)nn3)c2)cc(C2(C)CC2)cc1NS(C)(=O)=O. The van der Waals surface area contributed by atoms with Crippen molar-refractivity contribution in [2.75, 3.05) is 46.8 Å². The van der Waals surface area contributed by atoms with Crippen LogP contribution in [0.25, 0.3) is 33.9 Å². The van der Waals surface area contributed by atoms with Crippen molar-refractivity contribution in [2.24, 2.45) is 0 Å². The average Bonchev–Trinajstić information content (AvgIpc) is 3.53. The van der Waals surface area contributed by atoms with E-state index in [9.17, 15) is 26.4 Å². The minimum Gasteiger partial charge on any atom is -0.492 e. The van der Waals surface area contributed by atoms with E-state index in [0.29, 0.717) is 45.3 Å². The fourth-order valence-electron chi connectivity index (χ4n) is 10.0. The Balaban J connectivity index is 0.000000200. The van der Waals surface area contributed by atoms with Crippen molar-refractivity contribution in [3.05, 3.63) is 130 Å². The van der Waals surface area contributed by atoms with Gasteiger partial charge in [-0.2, -0.15) is 10.2 Å². The normalized spacial score (nSPS) is 14.4. The van der Waals surface area contributed by atoms with Crippen molar-refractivity contribution in [2.45, 2.75) is 124 Å². The molecule has 4 heterocycles. The standard InChI is InChI=1S/C30H37N7O4S.C29H35N7O4S/c1-18-9-10-20(13-26(18)36-17-25(33-35-36)22-16-31-37(19(22)2)29(3,4)5)28(38)32-23-14-21(30(6)11-12-30)15-24(27(23)41-7)34-42(8,39)40;1-17(2)36-19(4)22(15-30-36)25-16-35(34-32-25)26-12-20(9-8-18(26)3)28(37)31-23-13-21(29(5)10-11-29)14-24(27(23)40-6)33-41(7,38)39/h9-10,13-17,34H,11-12H2,1-8H3,(H,32,38);8-9,12-17,33H,10-11H2,1-7H3,(H,31,37). The Morgan fingerprint density at radius 1 is 0.602 bits per heavy atom. The first-order valence-corrected chi connectivity index (χ1v) is 30.9. The number of anilines is 4. The van der Waals surface area contributed by atoms with Gasteiger partial charge in [0, 0.05) is 39.7 Å². The molecule has 0 radical (unpaired) electrons. The third-order valence-corrected chi connectivity index (χ3v) is 16.4. The lowest BCUT2D eigenvalue weighted by Gasteiger charge is -2.21. The molecule has 4 aromatic carbocycles. The predicted molar refractivity (Wildman–Crippen MR) is 321 cm³/mol. The smallest absolute Gasteiger partial charge is 0.255 e. The molecule has 24 heteroatoms. The molecule has 0 unspecified atom stereocenters. The van der Waals surface area contributed by atoms with Crippen LogP contribution in [0.5, 0.6) is 11.5 Å². The van der Waals surface area contributed by atoms with Crippen molar-refractivity contribution in [3.8, 4) is 45.4 Å². The molecule has 4 aromatic heterocycles. The third-order valence-electron chi connectivity index (χ3n) is 15.2. The van der Waals surface area contributed by atoms with Gasteiger partial charge in [0.15, 0.2) is 11.5 Å². The van der Waals surface area contributed by atoms with Crippen molar-refractivity contribution in [1.29, 1.82) is 0 Å². The first-order chi connectivity index (χ1) is 38.9. The number of benzene rings is 4. The summed E-state index contributed by atoms with van der Waals surface area (Å²) in [6.07, 6.45) is 13.3. The van der Waals surface area contributed by atoms with Gasteiger partial charge in [0.25, 0.3) is 11.8 Å². The number of carbonyl (C=O) groups is 2. The second-order valence-corrected chi connectivity index (χ2v) is 27.0. The molecule has 0 aliphatic heterocycles. The minimum atomic E-state index is -3.58. The molecule has 2 fully saturated rings. The summed E-state index contributed by atoms with van der Waals surface area (Å²) in [5.41, 5.74) is 12.0. The monoisotopic (exact) mass is 1170 g/mol. The van der Waals surface area contributed by atoms with Gasteiger partial charge in [0.2, 0.25) is 20.0 Å². The molecule has 4 N–H and O–H groups in total. The van der Waals surface area contributed by atoms with E-state index in [1.165, 1.54) is 14.2 Å². The maximum absolute atomic E-state index is 13.6. The topological polar surface area (TPSA) is 266 Å². The summed E-state index contributed by atoms with van der Waals surface area (Å²) in [5.74, 6) is -0.272. The molecular weight excluding hydrogens is 1100 g/mol. The molecule has 83 heavy (non-hydrogen) atoms. The summed E-state index contributed by atoms with van der Waals surface area (Å²) >= 11 is 0. The maximum atomic E-state index is 13.6. The Morgan fingerprint density at radius 3 is 1.35 bits per heavy atom. The number of nitrogens with one attached hydrogen (secondary N) is 4. The van der Waals surface area contributed by atoms with Crippen LogP contribution < -0.4 is 29.6 Å². The molecule has 8 aromatic rings. The van der Waals surface area contributed by atoms with Crippen molar-refractivity contribution < 1.29 is 35.9 Å². The number of ether oxygens (including phenoxy) is 2. The van der Waals surface area contributed by atoms with E-state index in [1.54, 1.807) is 58.2 Å². The van der Waals surface area contributed by atoms with Crippen LogP contribution in [0.3, 0.4) is 0 Å². The molecule has 2 amide bonds. The van der Waals surface area contributed by atoms with E-state index in [1.807, 2.05) is 73.7 Å². The highest BCUT2D eigenvalue weighted by Crippen LogP contribution is 2.52. The lowest BCUT2D eigenvalue weighted by Crippen LogP contribution is -2.24. The summed E-state index contributed by atoms with van der Waals surface area (Å²) in [6, 6.07) is 18.2. The number of sulfonamides is 2. The van der Waals surface area contributed by atoms with Crippen LogP contribution in [0.1, 0.15) is 135 Å². The highest BCUT2D eigenvalue weighted by atomic mass is 32.2. The molecular formula is C59H72N14O8S2. The first kappa shape index (κ1) is 59.2. The second-order valence-electron chi connectivity index (χ2n) is 23.5. The molecule has 2 aliphatic rings. The van der Waals surface area contributed by atoms with Gasteiger partial charge < -0.3 is 20.1 Å². The summed E-state index contributed by atoms with van der Waals surface area (Å²) in [7, 11) is -4.28. The van der Waals surface area contributed by atoms with E-state index < -0.39 is 20.0 Å². The molecule has 0 bridgehead atoms. The maximum Gasteiger partial charge on any atom is 0.255 e. The van der Waals surface area contributed by atoms with E-state index in [-0.39, 0.29) is 57.1 Å². The van der Waals surface area contributed by atoms with Crippen molar-refractivity contribution in [1.82, 2.24) is 49.5 Å². The number of amides is 2. The fraction of sp³-hybridized carbons (Fsp3) is 0.390. The third kappa shape index (κ3) is 12.8. The van der Waals surface area contributed by atoms with Gasteiger partial charge in [-0.05, 0) is 170 Å². The summed E-state index contributed by atoms with van der Waals surface area (Å²) in [6.45, 7) is 22.5. The number of aryl methyl sites for hydroxylation is 2. The van der Waals surface area contributed by atoms with Gasteiger partial charge in [-0.15, -0.1) is 10.2 Å². The van der Waals surface area contributed by atoms with E-state index in [4.69, 9.17) is 9.47 Å². The Morgan fingerprint density at radius 2 is 1.00 bits per heavy atom. The highest BCUT2D eigenvalue weighted by molar-refractivity contribution is 7.92. The van der Waals surface area contributed by atoms with Crippen LogP contribution >= 0.6 is 0 Å².